The molecule has 0 aromatic heterocycles. The molecule has 0 heterocycles. The van der Waals surface area contributed by atoms with E-state index >= 15 is 0 Å². The summed E-state index contributed by atoms with van der Waals surface area (Å²) in [7, 11) is -2.09. The zero-order valence-electron chi connectivity index (χ0n) is 5.41. The molecule has 0 amide bonds. The number of hydrogen-bond donors (Lipinski definition) is 0. The summed E-state index contributed by atoms with van der Waals surface area (Å²) in [6.07, 6.45) is 0. The van der Waals surface area contributed by atoms with Crippen LogP contribution in [0.5, 0.6) is 0 Å². The highest BCUT2D eigenvalue weighted by molar-refractivity contribution is 7.48. The highest BCUT2D eigenvalue weighted by atomic mass is 31.2. The fraction of sp³-hybridized carbons (Fsp3) is 1.00. The maximum absolute atomic E-state index is 11.3. The summed E-state index contributed by atoms with van der Waals surface area (Å²) < 4.78 is 44.9. The Bertz CT molecular complexity index is 130. The quantitative estimate of drug-likeness (QED) is 0.610. The molecule has 0 rings (SSSR count). The van der Waals surface area contributed by atoms with E-state index in [-0.39, 0.29) is 0 Å². The number of hydrogen-bond acceptors (Lipinski definition) is 4. The zero-order chi connectivity index (χ0) is 8.20. The lowest BCUT2D eigenvalue weighted by molar-refractivity contribution is -0.0718. The van der Waals surface area contributed by atoms with Crippen LogP contribution in [0.15, 0.2) is 0 Å². The first-order chi connectivity index (χ1) is 4.54. The molecule has 0 N–H and O–H groups in total. The van der Waals surface area contributed by atoms with Crippen molar-refractivity contribution in [1.82, 2.24) is 0 Å². The van der Waals surface area contributed by atoms with Gasteiger partial charge in [-0.25, -0.2) is 9.09 Å². The Morgan fingerprint density at radius 3 is 1.80 bits per heavy atom. The number of rotatable bonds is 4. The Balaban J connectivity index is 3.94. The predicted octanol–water partition coefficient (Wildman–Crippen LogP) is 1.63. The number of alkyl halides is 2. The van der Waals surface area contributed by atoms with Crippen molar-refractivity contribution in [1.29, 1.82) is 0 Å². The second-order valence-corrected chi connectivity index (χ2v) is 3.01. The van der Waals surface area contributed by atoms with Gasteiger partial charge in [0.2, 0.25) is 0 Å². The van der Waals surface area contributed by atoms with Gasteiger partial charge in [0.25, 0.3) is 0 Å². The van der Waals surface area contributed by atoms with Crippen molar-refractivity contribution in [2.24, 2.45) is 0 Å². The van der Waals surface area contributed by atoms with Crippen LogP contribution in [0.25, 0.3) is 0 Å². The van der Waals surface area contributed by atoms with Gasteiger partial charge in [0.1, 0.15) is 0 Å². The first-order valence-electron chi connectivity index (χ1n) is 2.22. The normalized spacial score (nSPS) is 12.5. The second-order valence-electron chi connectivity index (χ2n) is 1.18. The van der Waals surface area contributed by atoms with E-state index in [1.54, 1.807) is 0 Å². The molecule has 0 radical (unpaired) electrons. The van der Waals surface area contributed by atoms with E-state index in [0.717, 1.165) is 14.2 Å². The van der Waals surface area contributed by atoms with Crippen LogP contribution in [0.4, 0.5) is 8.78 Å². The molecule has 0 aliphatic carbocycles. The van der Waals surface area contributed by atoms with Gasteiger partial charge in [-0.05, 0) is 0 Å². The van der Waals surface area contributed by atoms with Crippen molar-refractivity contribution in [3.8, 4) is 0 Å². The van der Waals surface area contributed by atoms with Gasteiger partial charge in [0.05, 0.1) is 0 Å². The fourth-order valence-electron chi connectivity index (χ4n) is 0.258. The molecule has 0 spiro atoms. The molecule has 0 aromatic rings. The molecule has 0 unspecified atom stereocenters. The predicted molar refractivity (Wildman–Crippen MR) is 28.7 cm³/mol. The van der Waals surface area contributed by atoms with Crippen LogP contribution < -0.4 is 0 Å². The van der Waals surface area contributed by atoms with Crippen LogP contribution in [0.3, 0.4) is 0 Å². The van der Waals surface area contributed by atoms with Gasteiger partial charge in [0, 0.05) is 14.2 Å². The van der Waals surface area contributed by atoms with Gasteiger partial charge in [-0.3, -0.25) is 9.05 Å². The molecule has 0 bridgehead atoms. The zero-order valence-corrected chi connectivity index (χ0v) is 6.31. The minimum absolute atomic E-state index is 0.951. The average Bonchev–Trinajstić information content (AvgIpc) is 1.87. The van der Waals surface area contributed by atoms with Gasteiger partial charge < -0.3 is 0 Å². The minimum atomic E-state index is -3.99. The Morgan fingerprint density at radius 2 is 1.70 bits per heavy atom. The third kappa shape index (κ3) is 3.22. The Morgan fingerprint density at radius 1 is 1.30 bits per heavy atom. The standard InChI is InChI=1S/C3H7F2O4P/c1-7-10(6,8-2)9-3(4)5/h3H,1-2H3. The van der Waals surface area contributed by atoms with Gasteiger partial charge in [-0.2, -0.15) is 8.78 Å². The maximum Gasteiger partial charge on any atom is 0.478 e. The molecule has 10 heavy (non-hydrogen) atoms. The SMILES string of the molecule is COP(=O)(OC)OC(F)F. The number of halogens is 2. The highest BCUT2D eigenvalue weighted by Crippen LogP contribution is 2.48. The first-order valence-corrected chi connectivity index (χ1v) is 3.68. The molecule has 0 aliphatic heterocycles. The maximum atomic E-state index is 11.3. The van der Waals surface area contributed by atoms with Crippen molar-refractivity contribution in [2.45, 2.75) is 6.61 Å². The van der Waals surface area contributed by atoms with E-state index in [9.17, 15) is 13.3 Å². The van der Waals surface area contributed by atoms with E-state index in [4.69, 9.17) is 0 Å². The van der Waals surface area contributed by atoms with Crippen LogP contribution in [-0.2, 0) is 18.1 Å². The Kier molecular flexibility index (Phi) is 3.96. The first kappa shape index (κ1) is 9.97. The molecule has 0 atom stereocenters. The van der Waals surface area contributed by atoms with Gasteiger partial charge >= 0.3 is 14.4 Å². The topological polar surface area (TPSA) is 44.8 Å². The highest BCUT2D eigenvalue weighted by Gasteiger charge is 2.27. The summed E-state index contributed by atoms with van der Waals surface area (Å²) in [6.45, 7) is -3.16. The van der Waals surface area contributed by atoms with E-state index in [1.807, 2.05) is 0 Å². The number of phosphoric ester groups is 1. The summed E-state index contributed by atoms with van der Waals surface area (Å²) in [4.78, 5) is 0. The molecule has 62 valence electrons. The van der Waals surface area contributed by atoms with Gasteiger partial charge in [-0.15, -0.1) is 0 Å². The molecule has 0 aliphatic rings. The van der Waals surface area contributed by atoms with Crippen LogP contribution >= 0.6 is 7.82 Å². The molecule has 4 nitrogen and oxygen atoms in total. The molecule has 0 aromatic carbocycles. The van der Waals surface area contributed by atoms with Crippen LogP contribution in [0, 0.1) is 0 Å². The summed E-state index contributed by atoms with van der Waals surface area (Å²) in [6, 6.07) is 0. The van der Waals surface area contributed by atoms with Gasteiger partial charge in [0.15, 0.2) is 0 Å². The summed E-state index contributed by atoms with van der Waals surface area (Å²) in [5, 5.41) is 0. The smallest absolute Gasteiger partial charge is 0.290 e. The van der Waals surface area contributed by atoms with Crippen LogP contribution in [-0.4, -0.2) is 20.8 Å². The summed E-state index contributed by atoms with van der Waals surface area (Å²) >= 11 is 0. The Labute approximate surface area is 56.7 Å². The Hall–Kier alpha value is -0.0300. The molecule has 0 saturated heterocycles. The summed E-state index contributed by atoms with van der Waals surface area (Å²) in [5.74, 6) is 0. The monoisotopic (exact) mass is 176 g/mol. The molecular weight excluding hydrogens is 169 g/mol. The lowest BCUT2D eigenvalue weighted by atomic mass is 11.5. The lowest BCUT2D eigenvalue weighted by Gasteiger charge is -2.11. The van der Waals surface area contributed by atoms with Crippen molar-refractivity contribution in [3.63, 3.8) is 0 Å². The van der Waals surface area contributed by atoms with Crippen molar-refractivity contribution in [2.75, 3.05) is 14.2 Å². The number of phosphoric acid groups is 1. The van der Waals surface area contributed by atoms with Crippen molar-refractivity contribution < 1.29 is 26.9 Å². The molecule has 7 heteroatoms. The molecular formula is C3H7F2O4P. The third-order valence-electron chi connectivity index (χ3n) is 0.656. The van der Waals surface area contributed by atoms with E-state index in [1.165, 1.54) is 0 Å². The van der Waals surface area contributed by atoms with E-state index in [2.05, 4.69) is 13.6 Å². The molecule has 0 saturated carbocycles. The van der Waals surface area contributed by atoms with E-state index < -0.39 is 14.4 Å². The van der Waals surface area contributed by atoms with Crippen LogP contribution in [0.2, 0.25) is 0 Å². The van der Waals surface area contributed by atoms with Crippen LogP contribution in [0.1, 0.15) is 0 Å². The average molecular weight is 176 g/mol. The van der Waals surface area contributed by atoms with Gasteiger partial charge in [-0.1, -0.05) is 0 Å². The summed E-state index contributed by atoms with van der Waals surface area (Å²) in [5.41, 5.74) is 0. The lowest BCUT2D eigenvalue weighted by Crippen LogP contribution is -1.99. The minimum Gasteiger partial charge on any atom is -0.290 e. The third-order valence-corrected chi connectivity index (χ3v) is 1.97. The van der Waals surface area contributed by atoms with Crippen molar-refractivity contribution in [3.05, 3.63) is 0 Å². The fourth-order valence-corrected chi connectivity index (χ4v) is 0.775. The van der Waals surface area contributed by atoms with Crippen molar-refractivity contribution >= 4 is 7.82 Å². The molecule has 0 fully saturated rings. The van der Waals surface area contributed by atoms with E-state index in [0.29, 0.717) is 0 Å². The largest absolute Gasteiger partial charge is 0.478 e. The second kappa shape index (κ2) is 3.98.